The van der Waals surface area contributed by atoms with Crippen molar-refractivity contribution < 1.29 is 37.0 Å². The van der Waals surface area contributed by atoms with Crippen molar-refractivity contribution in [2.75, 3.05) is 6.61 Å². The van der Waals surface area contributed by atoms with E-state index in [0.717, 1.165) is 5.56 Å². The van der Waals surface area contributed by atoms with Crippen LogP contribution in [-0.2, 0) is 16.1 Å². The van der Waals surface area contributed by atoms with E-state index in [4.69, 9.17) is 21.1 Å². The lowest BCUT2D eigenvalue weighted by Crippen LogP contribution is -2.28. The van der Waals surface area contributed by atoms with Crippen LogP contribution in [0.5, 0.6) is 11.5 Å². The van der Waals surface area contributed by atoms with Crippen LogP contribution in [-0.4, -0.2) is 35.4 Å². The molecule has 6 nitrogen and oxygen atoms in total. The summed E-state index contributed by atoms with van der Waals surface area (Å²) in [4.78, 5) is 25.8. The van der Waals surface area contributed by atoms with Gasteiger partial charge in [0.1, 0.15) is 11.5 Å². The monoisotopic (exact) mass is 603 g/mol. The molecule has 1 heterocycles. The van der Waals surface area contributed by atoms with Gasteiger partial charge in [-0.3, -0.25) is 4.79 Å². The molecule has 0 aliphatic carbocycles. The average Bonchev–Trinajstić information content (AvgIpc) is 3.22. The fraction of sp³-hybridized carbons (Fsp3) is 0.312. The van der Waals surface area contributed by atoms with Crippen molar-refractivity contribution in [3.05, 3.63) is 94.1 Å². The molecule has 42 heavy (non-hydrogen) atoms. The minimum absolute atomic E-state index is 0.207. The van der Waals surface area contributed by atoms with Crippen molar-refractivity contribution in [1.29, 1.82) is 0 Å². The highest BCUT2D eigenvalue weighted by Gasteiger charge is 2.32. The van der Waals surface area contributed by atoms with Crippen molar-refractivity contribution in [3.63, 3.8) is 0 Å². The zero-order chi connectivity index (χ0) is 31.0. The molecule has 0 saturated heterocycles. The highest BCUT2D eigenvalue weighted by molar-refractivity contribution is 6.30. The molecule has 0 radical (unpaired) electrons. The van der Waals surface area contributed by atoms with Gasteiger partial charge in [-0.05, 0) is 74.4 Å². The van der Waals surface area contributed by atoms with E-state index in [1.165, 1.54) is 18.2 Å². The number of alkyl halides is 3. The molecule has 4 rings (SSSR count). The summed E-state index contributed by atoms with van der Waals surface area (Å²) in [5.74, 6) is -0.725. The summed E-state index contributed by atoms with van der Waals surface area (Å²) in [5, 5.41) is 0.952. The van der Waals surface area contributed by atoms with E-state index in [-0.39, 0.29) is 18.9 Å². The quantitative estimate of drug-likeness (QED) is 0.134. The fourth-order valence-electron chi connectivity index (χ4n) is 4.49. The third-order valence-electron chi connectivity index (χ3n) is 6.30. The van der Waals surface area contributed by atoms with Gasteiger partial charge in [0, 0.05) is 34.3 Å². The zero-order valence-corrected chi connectivity index (χ0v) is 24.8. The Balaban J connectivity index is 0.00000237. The van der Waals surface area contributed by atoms with E-state index in [1.807, 2.05) is 19.9 Å². The smallest absolute Gasteiger partial charge is 0.479 e. The first-order valence-corrected chi connectivity index (χ1v) is 14.0. The number of halogens is 4. The first-order chi connectivity index (χ1) is 20.0. The second-order valence-electron chi connectivity index (χ2n) is 9.02. The molecule has 4 aromatic rings. The Morgan fingerprint density at radius 1 is 0.952 bits per heavy atom. The van der Waals surface area contributed by atoms with Crippen LogP contribution in [0.15, 0.2) is 66.7 Å². The highest BCUT2D eigenvalue weighted by Crippen LogP contribution is 2.34. The molecule has 0 fully saturated rings. The minimum Gasteiger partial charge on any atom is -0.479 e. The van der Waals surface area contributed by atoms with Crippen LogP contribution < -0.4 is 9.47 Å². The summed E-state index contributed by atoms with van der Waals surface area (Å²) in [7, 11) is 0. The van der Waals surface area contributed by atoms with E-state index >= 15 is 0 Å². The summed E-state index contributed by atoms with van der Waals surface area (Å²) < 4.78 is 55.8. The van der Waals surface area contributed by atoms with Gasteiger partial charge >= 0.3 is 12.3 Å². The van der Waals surface area contributed by atoms with Gasteiger partial charge in [-0.15, -0.1) is 13.2 Å². The highest BCUT2D eigenvalue weighted by atomic mass is 35.5. The van der Waals surface area contributed by atoms with Crippen LogP contribution in [0.2, 0.25) is 5.02 Å². The van der Waals surface area contributed by atoms with Gasteiger partial charge in [-0.1, -0.05) is 44.5 Å². The molecule has 0 amide bonds. The number of hydrogen-bond donors (Lipinski definition) is 0. The molecular weight excluding hydrogens is 571 g/mol. The second-order valence-corrected chi connectivity index (χ2v) is 9.46. The summed E-state index contributed by atoms with van der Waals surface area (Å²) in [6.45, 7) is 9.70. The van der Waals surface area contributed by atoms with Gasteiger partial charge < -0.3 is 18.8 Å². The molecule has 0 spiro atoms. The summed E-state index contributed by atoms with van der Waals surface area (Å²) in [6, 6.07) is 17.3. The molecular formula is C32H33ClF3NO5. The Morgan fingerprint density at radius 3 is 2.26 bits per heavy atom. The number of carbonyl (C=O) groups excluding carboxylic acids is 2. The summed E-state index contributed by atoms with van der Waals surface area (Å²) in [5.41, 5.74) is 2.44. The molecule has 0 N–H and O–H groups in total. The Bertz CT molecular complexity index is 1530. The van der Waals surface area contributed by atoms with E-state index in [2.05, 4.69) is 4.74 Å². The number of hydrogen-bond acceptors (Lipinski definition) is 5. The standard InChI is InChI=1S/C30H27ClF3NO5.C2H6/c1-4-26(29(37)38-5-2)39-22-8-6-7-19(15-22)17-35-18(3)27(28(36)20-9-11-21(31)12-10-20)24-14-13-23(16-25(24)35)40-30(32,33)34;1-2/h6-16,26H,4-5,17H2,1-3H3;1-2H3. The van der Waals surface area contributed by atoms with Crippen molar-refractivity contribution >= 4 is 34.3 Å². The summed E-state index contributed by atoms with van der Waals surface area (Å²) in [6.07, 6.45) is -5.25. The van der Waals surface area contributed by atoms with Crippen LogP contribution in [0.1, 0.15) is 61.3 Å². The van der Waals surface area contributed by atoms with Gasteiger partial charge in [-0.25, -0.2) is 4.79 Å². The number of carbonyl (C=O) groups is 2. The lowest BCUT2D eigenvalue weighted by atomic mass is 10.0. The number of ketones is 1. The number of ether oxygens (including phenoxy) is 3. The molecule has 1 atom stereocenters. The van der Waals surface area contributed by atoms with Gasteiger partial charge in [-0.2, -0.15) is 0 Å². The van der Waals surface area contributed by atoms with E-state index in [9.17, 15) is 22.8 Å². The number of esters is 1. The molecule has 0 aliphatic heterocycles. The average molecular weight is 604 g/mol. The Morgan fingerprint density at radius 2 is 1.64 bits per heavy atom. The first-order valence-electron chi connectivity index (χ1n) is 13.6. The molecule has 1 aromatic heterocycles. The van der Waals surface area contributed by atoms with E-state index < -0.39 is 24.2 Å². The maximum atomic E-state index is 13.6. The lowest BCUT2D eigenvalue weighted by Gasteiger charge is -2.17. The molecule has 224 valence electrons. The van der Waals surface area contributed by atoms with Gasteiger partial charge in [0.05, 0.1) is 17.7 Å². The van der Waals surface area contributed by atoms with Crippen LogP contribution in [0.3, 0.4) is 0 Å². The Labute approximate surface area is 247 Å². The van der Waals surface area contributed by atoms with Crippen LogP contribution in [0.25, 0.3) is 10.9 Å². The van der Waals surface area contributed by atoms with E-state index in [1.54, 1.807) is 67.8 Å². The van der Waals surface area contributed by atoms with Crippen molar-refractivity contribution in [3.8, 4) is 11.5 Å². The van der Waals surface area contributed by atoms with Crippen molar-refractivity contribution in [2.24, 2.45) is 0 Å². The van der Waals surface area contributed by atoms with Gasteiger partial charge in [0.25, 0.3) is 0 Å². The third-order valence-corrected chi connectivity index (χ3v) is 6.55. The molecule has 0 bridgehead atoms. The Kier molecular flexibility index (Phi) is 11.1. The molecule has 0 aliphatic rings. The number of aromatic nitrogens is 1. The summed E-state index contributed by atoms with van der Waals surface area (Å²) >= 11 is 5.98. The predicted molar refractivity (Wildman–Crippen MR) is 156 cm³/mol. The largest absolute Gasteiger partial charge is 0.573 e. The van der Waals surface area contributed by atoms with Gasteiger partial charge in [0.15, 0.2) is 11.9 Å². The third kappa shape index (κ3) is 7.85. The number of nitrogens with zero attached hydrogens (tertiary/aromatic N) is 1. The molecule has 3 aromatic carbocycles. The fourth-order valence-corrected chi connectivity index (χ4v) is 4.61. The molecule has 0 saturated carbocycles. The normalized spacial score (nSPS) is 11.8. The molecule has 1 unspecified atom stereocenters. The predicted octanol–water partition coefficient (Wildman–Crippen LogP) is 8.53. The van der Waals surface area contributed by atoms with Crippen LogP contribution >= 0.6 is 11.6 Å². The first kappa shape index (κ1) is 32.5. The Hall–Kier alpha value is -3.98. The number of benzene rings is 3. The number of fused-ring (bicyclic) bond motifs is 1. The maximum Gasteiger partial charge on any atom is 0.573 e. The van der Waals surface area contributed by atoms with Crippen LogP contribution in [0.4, 0.5) is 13.2 Å². The topological polar surface area (TPSA) is 66.8 Å². The van der Waals surface area contributed by atoms with Crippen molar-refractivity contribution in [1.82, 2.24) is 4.57 Å². The van der Waals surface area contributed by atoms with E-state index in [0.29, 0.717) is 44.9 Å². The van der Waals surface area contributed by atoms with Crippen molar-refractivity contribution in [2.45, 2.75) is 60.1 Å². The SMILES string of the molecule is CC.CCOC(=O)C(CC)Oc1cccc(Cn2c(C)c(C(=O)c3ccc(Cl)cc3)c3ccc(OC(F)(F)F)cc32)c1. The zero-order valence-electron chi connectivity index (χ0n) is 24.0. The molecule has 10 heteroatoms. The minimum atomic E-state index is -4.87. The van der Waals surface area contributed by atoms with Crippen LogP contribution in [0, 0.1) is 6.92 Å². The lowest BCUT2D eigenvalue weighted by molar-refractivity contribution is -0.274. The maximum absolute atomic E-state index is 13.6. The second kappa shape index (κ2) is 14.3. The number of rotatable bonds is 10. The van der Waals surface area contributed by atoms with Gasteiger partial charge in [0.2, 0.25) is 0 Å².